The van der Waals surface area contributed by atoms with E-state index in [1.54, 1.807) is 0 Å². The Morgan fingerprint density at radius 1 is 1.13 bits per heavy atom. The zero-order valence-electron chi connectivity index (χ0n) is 12.5. The molecule has 0 aliphatic heterocycles. The zero-order valence-corrected chi connectivity index (χ0v) is 12.5. The van der Waals surface area contributed by atoms with Gasteiger partial charge in [0.1, 0.15) is 0 Å². The fourth-order valence-electron chi connectivity index (χ4n) is 2.92. The molecule has 1 aliphatic carbocycles. The third-order valence-corrected chi connectivity index (χ3v) is 4.26. The Balaban J connectivity index is 1.66. The number of fused-ring (bicyclic) bond motifs is 1. The number of hydrogen-bond acceptors (Lipinski definition) is 2. The van der Waals surface area contributed by atoms with Crippen LogP contribution in [0.15, 0.2) is 42.5 Å². The van der Waals surface area contributed by atoms with E-state index in [1.807, 2.05) is 24.3 Å². The SMILES string of the molecule is O=C(NCC1(O)CCc2ccccc2C1)c1ccc(F)c(F)c1. The van der Waals surface area contributed by atoms with E-state index in [2.05, 4.69) is 5.32 Å². The predicted molar refractivity (Wildman–Crippen MR) is 82.1 cm³/mol. The molecule has 0 saturated carbocycles. The molecular weight excluding hydrogens is 300 g/mol. The van der Waals surface area contributed by atoms with Crippen LogP contribution in [-0.4, -0.2) is 23.2 Å². The standard InChI is InChI=1S/C18H17F2NO2/c19-15-6-5-13(9-16(15)20)17(22)21-11-18(23)8-7-12-3-1-2-4-14(12)10-18/h1-6,9,23H,7-8,10-11H2,(H,21,22). The van der Waals surface area contributed by atoms with Crippen molar-refractivity contribution in [3.63, 3.8) is 0 Å². The molecular formula is C18H17F2NO2. The maximum atomic E-state index is 13.2. The second kappa shape index (κ2) is 6.08. The van der Waals surface area contributed by atoms with E-state index in [9.17, 15) is 18.7 Å². The number of carbonyl (C=O) groups excluding carboxylic acids is 1. The van der Waals surface area contributed by atoms with Crippen molar-refractivity contribution in [3.8, 4) is 0 Å². The second-order valence-electron chi connectivity index (χ2n) is 5.98. The summed E-state index contributed by atoms with van der Waals surface area (Å²) in [6.07, 6.45) is 1.75. The molecule has 0 aromatic heterocycles. The molecule has 1 atom stereocenters. The Morgan fingerprint density at radius 3 is 2.61 bits per heavy atom. The van der Waals surface area contributed by atoms with Crippen molar-refractivity contribution in [1.82, 2.24) is 5.32 Å². The van der Waals surface area contributed by atoms with E-state index in [0.29, 0.717) is 12.8 Å². The van der Waals surface area contributed by atoms with Crippen LogP contribution in [0.4, 0.5) is 8.78 Å². The molecule has 1 amide bonds. The second-order valence-corrected chi connectivity index (χ2v) is 5.98. The molecule has 0 heterocycles. The van der Waals surface area contributed by atoms with Gasteiger partial charge in [-0.3, -0.25) is 4.79 Å². The molecule has 2 aromatic rings. The Hall–Kier alpha value is -2.27. The van der Waals surface area contributed by atoms with Crippen LogP contribution in [0.2, 0.25) is 0 Å². The number of halogens is 2. The average molecular weight is 317 g/mol. The quantitative estimate of drug-likeness (QED) is 0.914. The van der Waals surface area contributed by atoms with Crippen LogP contribution in [0.3, 0.4) is 0 Å². The highest BCUT2D eigenvalue weighted by Gasteiger charge is 2.32. The van der Waals surface area contributed by atoms with Gasteiger partial charge < -0.3 is 10.4 Å². The number of amides is 1. The Kier molecular flexibility index (Phi) is 4.13. The monoisotopic (exact) mass is 317 g/mol. The maximum absolute atomic E-state index is 13.2. The van der Waals surface area contributed by atoms with Crippen LogP contribution in [0.5, 0.6) is 0 Å². The zero-order chi connectivity index (χ0) is 16.4. The highest BCUT2D eigenvalue weighted by Crippen LogP contribution is 2.28. The van der Waals surface area contributed by atoms with Crippen LogP contribution < -0.4 is 5.32 Å². The predicted octanol–water partition coefficient (Wildman–Crippen LogP) is 2.61. The van der Waals surface area contributed by atoms with E-state index in [0.717, 1.165) is 24.1 Å². The van der Waals surface area contributed by atoms with Crippen molar-refractivity contribution in [2.75, 3.05) is 6.54 Å². The van der Waals surface area contributed by atoms with Crippen molar-refractivity contribution >= 4 is 5.91 Å². The third-order valence-electron chi connectivity index (χ3n) is 4.26. The summed E-state index contributed by atoms with van der Waals surface area (Å²) in [4.78, 5) is 12.0. The minimum absolute atomic E-state index is 0.0312. The minimum Gasteiger partial charge on any atom is -0.388 e. The summed E-state index contributed by atoms with van der Waals surface area (Å²) in [6, 6.07) is 10.9. The van der Waals surface area contributed by atoms with E-state index >= 15 is 0 Å². The maximum Gasteiger partial charge on any atom is 0.251 e. The summed E-state index contributed by atoms with van der Waals surface area (Å²) >= 11 is 0. The van der Waals surface area contributed by atoms with Crippen molar-refractivity contribution in [3.05, 3.63) is 70.8 Å². The van der Waals surface area contributed by atoms with E-state index in [-0.39, 0.29) is 12.1 Å². The number of rotatable bonds is 3. The molecule has 2 N–H and O–H groups in total. The van der Waals surface area contributed by atoms with Crippen LogP contribution in [0.25, 0.3) is 0 Å². The molecule has 0 spiro atoms. The molecule has 0 radical (unpaired) electrons. The molecule has 3 nitrogen and oxygen atoms in total. The number of nitrogens with one attached hydrogen (secondary N) is 1. The fraction of sp³-hybridized carbons (Fsp3) is 0.278. The highest BCUT2D eigenvalue weighted by atomic mass is 19.2. The summed E-state index contributed by atoms with van der Waals surface area (Å²) in [6.45, 7) is 0.0686. The van der Waals surface area contributed by atoms with Crippen molar-refractivity contribution in [2.45, 2.75) is 24.9 Å². The van der Waals surface area contributed by atoms with Crippen molar-refractivity contribution in [1.29, 1.82) is 0 Å². The van der Waals surface area contributed by atoms with Gasteiger partial charge in [-0.15, -0.1) is 0 Å². The fourth-order valence-corrected chi connectivity index (χ4v) is 2.92. The largest absolute Gasteiger partial charge is 0.388 e. The van der Waals surface area contributed by atoms with Crippen molar-refractivity contribution < 1.29 is 18.7 Å². The van der Waals surface area contributed by atoms with Gasteiger partial charge in [-0.25, -0.2) is 8.78 Å². The van der Waals surface area contributed by atoms with Gasteiger partial charge in [-0.2, -0.15) is 0 Å². The third kappa shape index (κ3) is 3.40. The lowest BCUT2D eigenvalue weighted by molar-refractivity contribution is 0.0260. The van der Waals surface area contributed by atoms with Crippen LogP contribution in [0, 0.1) is 11.6 Å². The van der Waals surface area contributed by atoms with Gasteiger partial charge in [0.05, 0.1) is 5.60 Å². The molecule has 3 rings (SSSR count). The molecule has 23 heavy (non-hydrogen) atoms. The number of aryl methyl sites for hydroxylation is 1. The first-order chi connectivity index (χ1) is 11.0. The van der Waals surface area contributed by atoms with Gasteiger partial charge in [0.2, 0.25) is 0 Å². The van der Waals surface area contributed by atoms with E-state index in [4.69, 9.17) is 0 Å². The summed E-state index contributed by atoms with van der Waals surface area (Å²) in [5.41, 5.74) is 1.29. The lowest BCUT2D eigenvalue weighted by Crippen LogP contribution is -2.46. The first kappa shape index (κ1) is 15.6. The molecule has 0 fully saturated rings. The summed E-state index contributed by atoms with van der Waals surface area (Å²) in [5, 5.41) is 13.3. The number of benzene rings is 2. The van der Waals surface area contributed by atoms with Gasteiger partial charge in [-0.1, -0.05) is 24.3 Å². The lowest BCUT2D eigenvalue weighted by atomic mass is 9.80. The summed E-state index contributed by atoms with van der Waals surface area (Å²) < 4.78 is 26.1. The van der Waals surface area contributed by atoms with Gasteiger partial charge in [-0.05, 0) is 42.2 Å². The Labute approximate surface area is 133 Å². The molecule has 5 heteroatoms. The molecule has 120 valence electrons. The minimum atomic E-state index is -1.07. The molecule has 1 unspecified atom stereocenters. The number of carbonyl (C=O) groups is 1. The number of aliphatic hydroxyl groups is 1. The molecule has 2 aromatic carbocycles. The van der Waals surface area contributed by atoms with Crippen LogP contribution >= 0.6 is 0 Å². The van der Waals surface area contributed by atoms with Gasteiger partial charge >= 0.3 is 0 Å². The Bertz CT molecular complexity index is 748. The van der Waals surface area contributed by atoms with Crippen LogP contribution in [-0.2, 0) is 12.8 Å². The summed E-state index contributed by atoms with van der Waals surface area (Å²) in [7, 11) is 0. The molecule has 0 bridgehead atoms. The smallest absolute Gasteiger partial charge is 0.251 e. The topological polar surface area (TPSA) is 49.3 Å². The summed E-state index contributed by atoms with van der Waals surface area (Å²) in [5.74, 6) is -2.59. The van der Waals surface area contributed by atoms with Crippen LogP contribution in [0.1, 0.15) is 27.9 Å². The first-order valence-electron chi connectivity index (χ1n) is 7.49. The normalized spacial score (nSPS) is 20.0. The van der Waals surface area contributed by atoms with E-state index < -0.39 is 23.1 Å². The molecule has 0 saturated heterocycles. The molecule has 1 aliphatic rings. The van der Waals surface area contributed by atoms with E-state index in [1.165, 1.54) is 11.6 Å². The Morgan fingerprint density at radius 2 is 1.87 bits per heavy atom. The van der Waals surface area contributed by atoms with Crippen molar-refractivity contribution in [2.24, 2.45) is 0 Å². The highest BCUT2D eigenvalue weighted by molar-refractivity contribution is 5.94. The average Bonchev–Trinajstić information content (AvgIpc) is 2.55. The number of hydrogen-bond donors (Lipinski definition) is 2. The first-order valence-corrected chi connectivity index (χ1v) is 7.49. The van der Waals surface area contributed by atoms with Gasteiger partial charge in [0.15, 0.2) is 11.6 Å². The lowest BCUT2D eigenvalue weighted by Gasteiger charge is -2.33. The van der Waals surface area contributed by atoms with Gasteiger partial charge in [0.25, 0.3) is 5.91 Å². The van der Waals surface area contributed by atoms with Gasteiger partial charge in [0, 0.05) is 18.5 Å².